The average molecular weight is 561 g/mol. The summed E-state index contributed by atoms with van der Waals surface area (Å²) in [7, 11) is -3.49. The molecule has 208 valence electrons. The van der Waals surface area contributed by atoms with Crippen molar-refractivity contribution in [3.63, 3.8) is 0 Å². The molecule has 2 aromatic carbocycles. The number of sulfone groups is 1. The number of aliphatic hydroxyl groups excluding tert-OH is 1. The molecule has 0 heterocycles. The number of halogens is 1. The van der Waals surface area contributed by atoms with Gasteiger partial charge >= 0.3 is 0 Å². The highest BCUT2D eigenvalue weighted by atomic mass is 35.5. The van der Waals surface area contributed by atoms with Gasteiger partial charge in [0.05, 0.1) is 29.5 Å². The molecule has 7 heteroatoms. The van der Waals surface area contributed by atoms with E-state index in [4.69, 9.17) is 21.1 Å². The van der Waals surface area contributed by atoms with Gasteiger partial charge in [-0.3, -0.25) is 0 Å². The lowest BCUT2D eigenvalue weighted by Crippen LogP contribution is -2.34. The van der Waals surface area contributed by atoms with Crippen molar-refractivity contribution in [2.24, 2.45) is 11.3 Å². The summed E-state index contributed by atoms with van der Waals surface area (Å²) in [5.74, 6) is 0.0543. The van der Waals surface area contributed by atoms with Crippen LogP contribution in [0.25, 0.3) is 0 Å². The molecule has 0 aromatic heterocycles. The molecule has 1 saturated carbocycles. The van der Waals surface area contributed by atoms with Crippen molar-refractivity contribution in [3.05, 3.63) is 89.5 Å². The summed E-state index contributed by atoms with van der Waals surface area (Å²) in [4.78, 5) is 0.309. The molecule has 1 N–H and O–H groups in total. The Hall–Kier alpha value is -1.96. The molecule has 4 atom stereocenters. The Balaban J connectivity index is 1.62. The zero-order valence-corrected chi connectivity index (χ0v) is 24.3. The molecule has 0 bridgehead atoms. The predicted molar refractivity (Wildman–Crippen MR) is 154 cm³/mol. The summed E-state index contributed by atoms with van der Waals surface area (Å²) >= 11 is 6.02. The van der Waals surface area contributed by atoms with E-state index in [0.29, 0.717) is 36.6 Å². The van der Waals surface area contributed by atoms with Gasteiger partial charge in [0.1, 0.15) is 6.79 Å². The van der Waals surface area contributed by atoms with E-state index >= 15 is 0 Å². The first-order chi connectivity index (χ1) is 18.1. The first-order valence-electron chi connectivity index (χ1n) is 13.2. The van der Waals surface area contributed by atoms with Crippen molar-refractivity contribution in [2.45, 2.75) is 70.2 Å². The molecule has 4 unspecified atom stereocenters. The van der Waals surface area contributed by atoms with Gasteiger partial charge in [-0.1, -0.05) is 78.8 Å². The highest BCUT2D eigenvalue weighted by Crippen LogP contribution is 2.47. The lowest BCUT2D eigenvalue weighted by molar-refractivity contribution is -0.0820. The second kappa shape index (κ2) is 14.4. The zero-order chi connectivity index (χ0) is 27.6. The van der Waals surface area contributed by atoms with E-state index in [1.165, 1.54) is 0 Å². The molecule has 0 amide bonds. The quantitative estimate of drug-likeness (QED) is 0.120. The van der Waals surface area contributed by atoms with Gasteiger partial charge in [0.15, 0.2) is 9.84 Å². The number of allylic oxidation sites excluding steroid dienone is 2. The highest BCUT2D eigenvalue weighted by molar-refractivity contribution is 7.91. The Morgan fingerprint density at radius 2 is 1.76 bits per heavy atom. The smallest absolute Gasteiger partial charge is 0.178 e. The van der Waals surface area contributed by atoms with E-state index in [9.17, 15) is 13.5 Å². The third-order valence-electron chi connectivity index (χ3n) is 7.47. The molecule has 38 heavy (non-hydrogen) atoms. The Morgan fingerprint density at radius 1 is 1.11 bits per heavy atom. The molecule has 1 aliphatic carbocycles. The summed E-state index contributed by atoms with van der Waals surface area (Å²) in [6.45, 7) is 6.79. The lowest BCUT2D eigenvalue weighted by atomic mass is 9.77. The van der Waals surface area contributed by atoms with Crippen molar-refractivity contribution in [1.29, 1.82) is 0 Å². The molecule has 0 saturated heterocycles. The maximum atomic E-state index is 13.1. The summed E-state index contributed by atoms with van der Waals surface area (Å²) in [6.07, 6.45) is 6.16. The van der Waals surface area contributed by atoms with Crippen molar-refractivity contribution in [1.82, 2.24) is 0 Å². The standard InChI is InChI=1S/C31H41ClO5S/c1-24(18-27(19-25(2)20-32)37-23-36-21-26-10-6-4-7-11-26)14-16-31(3)17-15-30(33)29(31)22-38(34,35)28-12-8-5-9-13-28/h4-14,19,27,29-30,33H,15-18,20-23H2,1-3H3/b24-14+,25-19+. The van der Waals surface area contributed by atoms with E-state index in [1.54, 1.807) is 30.3 Å². The van der Waals surface area contributed by atoms with Gasteiger partial charge in [0, 0.05) is 11.8 Å². The van der Waals surface area contributed by atoms with Crippen LogP contribution in [0.1, 0.15) is 52.0 Å². The molecule has 2 aromatic rings. The van der Waals surface area contributed by atoms with Crippen LogP contribution in [0.3, 0.4) is 0 Å². The van der Waals surface area contributed by atoms with E-state index in [-0.39, 0.29) is 30.0 Å². The number of hydrogen-bond acceptors (Lipinski definition) is 5. The number of rotatable bonds is 14. The molecule has 5 nitrogen and oxygen atoms in total. The van der Waals surface area contributed by atoms with Crippen LogP contribution in [-0.2, 0) is 25.9 Å². The van der Waals surface area contributed by atoms with Gasteiger partial charge in [-0.25, -0.2) is 8.42 Å². The molecular weight excluding hydrogens is 520 g/mol. The SMILES string of the molecule is C/C(=C\C(C/C(C)=C/CC1(C)CCC(O)C1CS(=O)(=O)c1ccccc1)OCOCc1ccccc1)CCl. The number of benzene rings is 2. The Labute approximate surface area is 233 Å². The van der Waals surface area contributed by atoms with Gasteiger partial charge < -0.3 is 14.6 Å². The minimum Gasteiger partial charge on any atom is -0.393 e. The number of alkyl halides is 1. The van der Waals surface area contributed by atoms with Gasteiger partial charge in [0.2, 0.25) is 0 Å². The molecule has 0 spiro atoms. The van der Waals surface area contributed by atoms with Gasteiger partial charge in [-0.05, 0) is 62.6 Å². The van der Waals surface area contributed by atoms with E-state index in [0.717, 1.165) is 23.1 Å². The van der Waals surface area contributed by atoms with Crippen LogP contribution < -0.4 is 0 Å². The van der Waals surface area contributed by atoms with E-state index < -0.39 is 15.9 Å². The van der Waals surface area contributed by atoms with Gasteiger partial charge in [0.25, 0.3) is 0 Å². The van der Waals surface area contributed by atoms with Crippen LogP contribution in [0.2, 0.25) is 0 Å². The van der Waals surface area contributed by atoms with Gasteiger partial charge in [-0.15, -0.1) is 11.6 Å². The fraction of sp³-hybridized carbons (Fsp3) is 0.484. The summed E-state index contributed by atoms with van der Waals surface area (Å²) in [5, 5.41) is 10.7. The van der Waals surface area contributed by atoms with Crippen molar-refractivity contribution >= 4 is 21.4 Å². The normalized spacial score (nSPS) is 23.5. The zero-order valence-electron chi connectivity index (χ0n) is 22.7. The molecule has 0 aliphatic heterocycles. The van der Waals surface area contributed by atoms with Crippen LogP contribution in [0.15, 0.2) is 88.9 Å². The Kier molecular flexibility index (Phi) is 11.6. The summed E-state index contributed by atoms with van der Waals surface area (Å²) in [5.41, 5.74) is 2.96. The molecule has 1 aliphatic rings. The second-order valence-corrected chi connectivity index (χ2v) is 13.0. The topological polar surface area (TPSA) is 72.8 Å². The fourth-order valence-electron chi connectivity index (χ4n) is 5.06. The first-order valence-corrected chi connectivity index (χ1v) is 15.4. The minimum atomic E-state index is -3.49. The molecular formula is C31H41ClO5S. The second-order valence-electron chi connectivity index (χ2n) is 10.7. The van der Waals surface area contributed by atoms with E-state index in [2.05, 4.69) is 19.9 Å². The van der Waals surface area contributed by atoms with Crippen molar-refractivity contribution in [3.8, 4) is 0 Å². The number of aliphatic hydroxyl groups is 1. The number of hydrogen-bond donors (Lipinski definition) is 1. The van der Waals surface area contributed by atoms with Gasteiger partial charge in [-0.2, -0.15) is 0 Å². The number of ether oxygens (including phenoxy) is 2. The van der Waals surface area contributed by atoms with Crippen LogP contribution in [-0.4, -0.2) is 44.2 Å². The largest absolute Gasteiger partial charge is 0.393 e. The summed E-state index contributed by atoms with van der Waals surface area (Å²) < 4.78 is 37.9. The maximum Gasteiger partial charge on any atom is 0.178 e. The Bertz CT molecular complexity index is 1160. The lowest BCUT2D eigenvalue weighted by Gasteiger charge is -2.32. The van der Waals surface area contributed by atoms with Crippen LogP contribution in [0.5, 0.6) is 0 Å². The summed E-state index contributed by atoms with van der Waals surface area (Å²) in [6, 6.07) is 18.5. The highest BCUT2D eigenvalue weighted by Gasteiger charge is 2.46. The monoisotopic (exact) mass is 560 g/mol. The van der Waals surface area contributed by atoms with E-state index in [1.807, 2.05) is 43.3 Å². The Morgan fingerprint density at radius 3 is 2.42 bits per heavy atom. The fourth-order valence-corrected chi connectivity index (χ4v) is 7.01. The molecule has 0 radical (unpaired) electrons. The third kappa shape index (κ3) is 9.06. The van der Waals surface area contributed by atoms with Crippen molar-refractivity contribution < 1.29 is 23.0 Å². The first kappa shape index (κ1) is 30.6. The third-order valence-corrected chi connectivity index (χ3v) is 9.68. The van der Waals surface area contributed by atoms with Crippen LogP contribution in [0.4, 0.5) is 0 Å². The molecule has 3 rings (SSSR count). The maximum absolute atomic E-state index is 13.1. The average Bonchev–Trinajstić information content (AvgIpc) is 3.19. The van der Waals surface area contributed by atoms with Crippen LogP contribution in [0, 0.1) is 11.3 Å². The van der Waals surface area contributed by atoms with Crippen LogP contribution >= 0.6 is 11.6 Å². The molecule has 1 fully saturated rings. The predicted octanol–water partition coefficient (Wildman–Crippen LogP) is 6.71. The minimum absolute atomic E-state index is 0.0519. The van der Waals surface area contributed by atoms with Crippen molar-refractivity contribution in [2.75, 3.05) is 18.4 Å².